The highest BCUT2D eigenvalue weighted by atomic mass is 16.5. The highest BCUT2D eigenvalue weighted by Crippen LogP contribution is 2.18. The maximum Gasteiger partial charge on any atom is 0.274 e. The van der Waals surface area contributed by atoms with Crippen LogP contribution in [-0.2, 0) is 0 Å². The van der Waals surface area contributed by atoms with E-state index in [9.17, 15) is 4.79 Å². The number of aromatic nitrogens is 2. The molecule has 6 nitrogen and oxygen atoms in total. The van der Waals surface area contributed by atoms with Crippen molar-refractivity contribution >= 4 is 23.2 Å². The lowest BCUT2D eigenvalue weighted by molar-refractivity contribution is 0.102. The predicted octanol–water partition coefficient (Wildman–Crippen LogP) is 3.79. The Morgan fingerprint density at radius 1 is 1.04 bits per heavy atom. The summed E-state index contributed by atoms with van der Waals surface area (Å²) in [5, 5.41) is 5.88. The van der Waals surface area contributed by atoms with Crippen molar-refractivity contribution in [2.24, 2.45) is 0 Å². The van der Waals surface area contributed by atoms with Crippen LogP contribution in [-0.4, -0.2) is 23.0 Å². The van der Waals surface area contributed by atoms with E-state index in [0.717, 1.165) is 11.3 Å². The molecule has 0 radical (unpaired) electrons. The number of ether oxygens (including phenoxy) is 1. The van der Waals surface area contributed by atoms with Gasteiger partial charge in [0.05, 0.1) is 7.11 Å². The highest BCUT2D eigenvalue weighted by Gasteiger charge is 2.10. The molecule has 0 saturated heterocycles. The van der Waals surface area contributed by atoms with Crippen LogP contribution in [0.1, 0.15) is 16.1 Å². The molecule has 1 amide bonds. The fourth-order valence-electron chi connectivity index (χ4n) is 2.21. The van der Waals surface area contributed by atoms with Gasteiger partial charge in [0.1, 0.15) is 11.4 Å². The van der Waals surface area contributed by atoms with Crippen molar-refractivity contribution in [2.45, 2.75) is 6.92 Å². The second-order valence-corrected chi connectivity index (χ2v) is 5.44. The third-order valence-electron chi connectivity index (χ3n) is 3.52. The third kappa shape index (κ3) is 4.32. The van der Waals surface area contributed by atoms with Crippen molar-refractivity contribution < 1.29 is 9.53 Å². The molecule has 0 bridgehead atoms. The van der Waals surface area contributed by atoms with Crippen LogP contribution in [0.3, 0.4) is 0 Å². The Hall–Kier alpha value is -3.41. The maximum absolute atomic E-state index is 12.4. The van der Waals surface area contributed by atoms with Crippen molar-refractivity contribution in [2.75, 3.05) is 17.7 Å². The number of hydrogen-bond acceptors (Lipinski definition) is 5. The van der Waals surface area contributed by atoms with Crippen molar-refractivity contribution in [1.29, 1.82) is 0 Å². The van der Waals surface area contributed by atoms with Gasteiger partial charge in [0.25, 0.3) is 5.91 Å². The van der Waals surface area contributed by atoms with Gasteiger partial charge >= 0.3 is 0 Å². The summed E-state index contributed by atoms with van der Waals surface area (Å²) in [5.41, 5.74) is 2.93. The zero-order valence-electron chi connectivity index (χ0n) is 14.0. The molecule has 3 rings (SSSR count). The van der Waals surface area contributed by atoms with Gasteiger partial charge in [-0.05, 0) is 37.3 Å². The van der Waals surface area contributed by atoms with Gasteiger partial charge in [-0.3, -0.25) is 4.79 Å². The fraction of sp³-hybridized carbons (Fsp3) is 0.105. The van der Waals surface area contributed by atoms with Crippen LogP contribution in [0.25, 0.3) is 0 Å². The first-order chi connectivity index (χ1) is 12.1. The summed E-state index contributed by atoms with van der Waals surface area (Å²) >= 11 is 0. The number of methoxy groups -OCH3 is 1. The van der Waals surface area contributed by atoms with Crippen LogP contribution >= 0.6 is 0 Å². The molecule has 0 spiro atoms. The van der Waals surface area contributed by atoms with Crippen LogP contribution in [0.2, 0.25) is 0 Å². The summed E-state index contributed by atoms with van der Waals surface area (Å²) in [6.45, 7) is 2.02. The number of carbonyl (C=O) groups excluding carboxylic acids is 1. The minimum absolute atomic E-state index is 0.271. The number of amides is 1. The van der Waals surface area contributed by atoms with E-state index in [1.807, 2.05) is 37.3 Å². The zero-order valence-corrected chi connectivity index (χ0v) is 14.0. The molecule has 126 valence electrons. The van der Waals surface area contributed by atoms with Crippen molar-refractivity contribution in [3.05, 3.63) is 72.1 Å². The monoisotopic (exact) mass is 334 g/mol. The number of hydrogen-bond donors (Lipinski definition) is 2. The minimum Gasteiger partial charge on any atom is -0.497 e. The van der Waals surface area contributed by atoms with E-state index in [1.165, 1.54) is 0 Å². The number of anilines is 3. The molecule has 3 aromatic rings. The molecule has 0 atom stereocenters. The van der Waals surface area contributed by atoms with Crippen LogP contribution in [0.5, 0.6) is 5.75 Å². The second-order valence-electron chi connectivity index (χ2n) is 5.44. The van der Waals surface area contributed by atoms with Gasteiger partial charge in [-0.2, -0.15) is 0 Å². The van der Waals surface area contributed by atoms with E-state index in [1.54, 1.807) is 37.6 Å². The lowest BCUT2D eigenvalue weighted by Crippen LogP contribution is -2.14. The van der Waals surface area contributed by atoms with Gasteiger partial charge in [0, 0.05) is 23.6 Å². The number of rotatable bonds is 5. The summed E-state index contributed by atoms with van der Waals surface area (Å²) < 4.78 is 5.15. The Bertz CT molecular complexity index is 879. The summed E-state index contributed by atoms with van der Waals surface area (Å²) in [6.07, 6.45) is 1.55. The van der Waals surface area contributed by atoms with Crippen molar-refractivity contribution in [3.63, 3.8) is 0 Å². The topological polar surface area (TPSA) is 76.1 Å². The molecular formula is C19H18N4O2. The van der Waals surface area contributed by atoms with Gasteiger partial charge in [0.2, 0.25) is 5.95 Å². The SMILES string of the molecule is COc1cccc(NC(=O)c2ccnc(Nc3ccc(C)cc3)n2)c1. The summed E-state index contributed by atoms with van der Waals surface area (Å²) in [5.74, 6) is 0.715. The lowest BCUT2D eigenvalue weighted by Gasteiger charge is -2.08. The average Bonchev–Trinajstić information content (AvgIpc) is 2.64. The Morgan fingerprint density at radius 2 is 1.84 bits per heavy atom. The Labute approximate surface area is 145 Å². The third-order valence-corrected chi connectivity index (χ3v) is 3.52. The second kappa shape index (κ2) is 7.44. The summed E-state index contributed by atoms with van der Waals surface area (Å²) in [6, 6.07) is 16.5. The van der Waals surface area contributed by atoms with Gasteiger partial charge in [-0.15, -0.1) is 0 Å². The molecule has 1 heterocycles. The number of nitrogens with zero attached hydrogens (tertiary/aromatic N) is 2. The number of aryl methyl sites for hydroxylation is 1. The van der Waals surface area contributed by atoms with E-state index in [4.69, 9.17) is 4.74 Å². The standard InChI is InChI=1S/C19H18N4O2/c1-13-6-8-14(9-7-13)22-19-20-11-10-17(23-19)18(24)21-15-4-3-5-16(12-15)25-2/h3-12H,1-2H3,(H,21,24)(H,20,22,23). The van der Waals surface area contributed by atoms with Crippen LogP contribution < -0.4 is 15.4 Å². The van der Waals surface area contributed by atoms with E-state index >= 15 is 0 Å². The smallest absolute Gasteiger partial charge is 0.274 e. The van der Waals surface area contributed by atoms with Crippen molar-refractivity contribution in [1.82, 2.24) is 9.97 Å². The van der Waals surface area contributed by atoms with E-state index < -0.39 is 0 Å². The van der Waals surface area contributed by atoms with Crippen LogP contribution in [0, 0.1) is 6.92 Å². The van der Waals surface area contributed by atoms with Gasteiger partial charge in [-0.1, -0.05) is 23.8 Å². The van der Waals surface area contributed by atoms with Gasteiger partial charge < -0.3 is 15.4 Å². The van der Waals surface area contributed by atoms with E-state index in [-0.39, 0.29) is 11.6 Å². The lowest BCUT2D eigenvalue weighted by atomic mass is 10.2. The molecule has 0 unspecified atom stereocenters. The number of carbonyl (C=O) groups is 1. The van der Waals surface area contributed by atoms with Gasteiger partial charge in [0.15, 0.2) is 0 Å². The zero-order chi connectivity index (χ0) is 17.6. The molecule has 0 aliphatic heterocycles. The molecule has 2 aromatic carbocycles. The summed E-state index contributed by atoms with van der Waals surface area (Å²) in [4.78, 5) is 20.8. The quantitative estimate of drug-likeness (QED) is 0.742. The Kier molecular flexibility index (Phi) is 4.89. The molecule has 25 heavy (non-hydrogen) atoms. The minimum atomic E-state index is -0.317. The normalized spacial score (nSPS) is 10.2. The van der Waals surface area contributed by atoms with Crippen molar-refractivity contribution in [3.8, 4) is 5.75 Å². The number of nitrogens with one attached hydrogen (secondary N) is 2. The predicted molar refractivity (Wildman–Crippen MR) is 97.4 cm³/mol. The van der Waals surface area contributed by atoms with Crippen LogP contribution in [0.4, 0.5) is 17.3 Å². The highest BCUT2D eigenvalue weighted by molar-refractivity contribution is 6.03. The van der Waals surface area contributed by atoms with E-state index in [2.05, 4.69) is 20.6 Å². The molecule has 6 heteroatoms. The Morgan fingerprint density at radius 3 is 2.60 bits per heavy atom. The molecule has 1 aromatic heterocycles. The molecule has 2 N–H and O–H groups in total. The van der Waals surface area contributed by atoms with Crippen LogP contribution in [0.15, 0.2) is 60.8 Å². The number of benzene rings is 2. The summed E-state index contributed by atoms with van der Waals surface area (Å²) in [7, 11) is 1.58. The van der Waals surface area contributed by atoms with E-state index in [0.29, 0.717) is 17.4 Å². The Balaban J connectivity index is 1.73. The molecule has 0 aliphatic carbocycles. The van der Waals surface area contributed by atoms with Gasteiger partial charge in [-0.25, -0.2) is 9.97 Å². The molecule has 0 saturated carbocycles. The molecule has 0 aliphatic rings. The first kappa shape index (κ1) is 16.4. The first-order valence-corrected chi connectivity index (χ1v) is 7.76. The molecular weight excluding hydrogens is 316 g/mol. The fourth-order valence-corrected chi connectivity index (χ4v) is 2.21. The first-order valence-electron chi connectivity index (χ1n) is 7.76. The largest absolute Gasteiger partial charge is 0.497 e. The maximum atomic E-state index is 12.4. The molecule has 0 fully saturated rings. The average molecular weight is 334 g/mol.